The Balaban J connectivity index is 1.37. The van der Waals surface area contributed by atoms with Gasteiger partial charge in [-0.3, -0.25) is 0 Å². The molecule has 0 unspecified atom stereocenters. The van der Waals surface area contributed by atoms with Gasteiger partial charge in [0.05, 0.1) is 22.8 Å². The van der Waals surface area contributed by atoms with E-state index in [0.29, 0.717) is 11.5 Å². The highest BCUT2D eigenvalue weighted by Gasteiger charge is 2.09. The van der Waals surface area contributed by atoms with E-state index >= 15 is 0 Å². The molecule has 182 valence electrons. The van der Waals surface area contributed by atoms with Gasteiger partial charge in [0.2, 0.25) is 0 Å². The Labute approximate surface area is 216 Å². The Hall–Kier alpha value is -4.90. The molecule has 0 saturated carbocycles. The van der Waals surface area contributed by atoms with Crippen LogP contribution < -0.4 is 9.47 Å². The molecule has 5 rings (SSSR count). The van der Waals surface area contributed by atoms with Crippen LogP contribution in [0.25, 0.3) is 0 Å². The van der Waals surface area contributed by atoms with Gasteiger partial charge in [-0.25, -0.2) is 9.98 Å². The first kappa shape index (κ1) is 23.8. The second-order valence-electron chi connectivity index (χ2n) is 8.45. The number of hydrogen-bond acceptors (Lipinski definition) is 4. The standard InChI is InChI=1S/C32H27N3O2/c1-23(33-29-17-9-11-19-31(29)36-25-13-5-3-6-14-25)27-21-22-28(35-27)24(2)34-30-18-10-12-20-32(30)37-26-15-7-4-8-16-26/h3-22,35H,1-2H3. The zero-order valence-electron chi connectivity index (χ0n) is 20.8. The molecule has 0 aliphatic heterocycles. The number of benzene rings is 4. The van der Waals surface area contributed by atoms with Crippen LogP contribution in [-0.4, -0.2) is 16.4 Å². The normalized spacial score (nSPS) is 11.8. The first-order valence-electron chi connectivity index (χ1n) is 12.1. The SMILES string of the molecule is CC(=Nc1ccccc1Oc1ccccc1)c1ccc(C(C)=Nc2ccccc2Oc2ccccc2)[nH]1. The number of nitrogens with one attached hydrogen (secondary N) is 1. The van der Waals surface area contributed by atoms with Gasteiger partial charge >= 0.3 is 0 Å². The highest BCUT2D eigenvalue weighted by molar-refractivity contribution is 6.03. The van der Waals surface area contributed by atoms with Crippen LogP contribution in [0.4, 0.5) is 11.4 Å². The maximum atomic E-state index is 6.06. The molecule has 0 atom stereocenters. The van der Waals surface area contributed by atoms with Gasteiger partial charge < -0.3 is 14.5 Å². The first-order valence-corrected chi connectivity index (χ1v) is 12.1. The summed E-state index contributed by atoms with van der Waals surface area (Å²) in [6.45, 7) is 3.95. The maximum Gasteiger partial charge on any atom is 0.153 e. The van der Waals surface area contributed by atoms with E-state index in [4.69, 9.17) is 19.5 Å². The third-order valence-corrected chi connectivity index (χ3v) is 5.71. The van der Waals surface area contributed by atoms with Gasteiger partial charge in [-0.05, 0) is 74.5 Å². The predicted octanol–water partition coefficient (Wildman–Crippen LogP) is 8.88. The second kappa shape index (κ2) is 11.2. The summed E-state index contributed by atoms with van der Waals surface area (Å²) in [7, 11) is 0. The molecule has 0 amide bonds. The summed E-state index contributed by atoms with van der Waals surface area (Å²) in [6.07, 6.45) is 0. The van der Waals surface area contributed by atoms with Gasteiger partial charge in [-0.1, -0.05) is 60.7 Å². The van der Waals surface area contributed by atoms with E-state index in [0.717, 1.165) is 45.7 Å². The lowest BCUT2D eigenvalue weighted by atomic mass is 10.2. The van der Waals surface area contributed by atoms with Crippen molar-refractivity contribution in [3.63, 3.8) is 0 Å². The van der Waals surface area contributed by atoms with Crippen molar-refractivity contribution in [3.05, 3.63) is 133 Å². The molecule has 4 aromatic carbocycles. The van der Waals surface area contributed by atoms with Crippen molar-refractivity contribution in [3.8, 4) is 23.0 Å². The Morgan fingerprint density at radius 3 is 1.30 bits per heavy atom. The van der Waals surface area contributed by atoms with Crippen molar-refractivity contribution in [2.45, 2.75) is 13.8 Å². The lowest BCUT2D eigenvalue weighted by Gasteiger charge is -2.09. The quantitative estimate of drug-likeness (QED) is 0.223. The Bertz CT molecular complexity index is 1420. The molecule has 0 bridgehead atoms. The number of aromatic amines is 1. The van der Waals surface area contributed by atoms with E-state index in [1.54, 1.807) is 0 Å². The minimum absolute atomic E-state index is 0.701. The Morgan fingerprint density at radius 2 is 0.865 bits per heavy atom. The number of nitrogens with zero attached hydrogens (tertiary/aromatic N) is 2. The van der Waals surface area contributed by atoms with E-state index in [-0.39, 0.29) is 0 Å². The molecule has 0 fully saturated rings. The highest BCUT2D eigenvalue weighted by atomic mass is 16.5. The molecule has 0 aliphatic rings. The number of ether oxygens (including phenoxy) is 2. The second-order valence-corrected chi connectivity index (χ2v) is 8.45. The van der Waals surface area contributed by atoms with Crippen LogP contribution in [0.3, 0.4) is 0 Å². The van der Waals surface area contributed by atoms with E-state index in [1.807, 2.05) is 135 Å². The molecule has 1 heterocycles. The van der Waals surface area contributed by atoms with Gasteiger partial charge in [0.15, 0.2) is 11.5 Å². The fourth-order valence-electron chi connectivity index (χ4n) is 3.80. The van der Waals surface area contributed by atoms with Crippen LogP contribution in [-0.2, 0) is 0 Å². The van der Waals surface area contributed by atoms with Crippen molar-refractivity contribution in [2.75, 3.05) is 0 Å². The van der Waals surface area contributed by atoms with Crippen molar-refractivity contribution < 1.29 is 9.47 Å². The number of H-pyrrole nitrogens is 1. The molecule has 0 spiro atoms. The first-order chi connectivity index (χ1) is 18.2. The molecule has 0 radical (unpaired) electrons. The zero-order chi connectivity index (χ0) is 25.5. The largest absolute Gasteiger partial charge is 0.455 e. The fourth-order valence-corrected chi connectivity index (χ4v) is 3.80. The number of para-hydroxylation sites is 6. The van der Waals surface area contributed by atoms with Crippen LogP contribution in [0, 0.1) is 0 Å². The van der Waals surface area contributed by atoms with Crippen LogP contribution in [0.2, 0.25) is 0 Å². The molecule has 1 aromatic heterocycles. The van der Waals surface area contributed by atoms with Crippen LogP contribution in [0.1, 0.15) is 25.2 Å². The molecule has 5 aromatic rings. The summed E-state index contributed by atoms with van der Waals surface area (Å²) in [4.78, 5) is 13.1. The van der Waals surface area contributed by atoms with Crippen molar-refractivity contribution in [1.29, 1.82) is 0 Å². The highest BCUT2D eigenvalue weighted by Crippen LogP contribution is 2.33. The lowest BCUT2D eigenvalue weighted by Crippen LogP contribution is -1.99. The van der Waals surface area contributed by atoms with Crippen LogP contribution >= 0.6 is 0 Å². The lowest BCUT2D eigenvalue weighted by molar-refractivity contribution is 0.484. The number of aliphatic imine (C=N–C) groups is 2. The van der Waals surface area contributed by atoms with Gasteiger partial charge in [-0.15, -0.1) is 0 Å². The summed E-state index contributed by atoms with van der Waals surface area (Å²) in [5, 5.41) is 0. The molecular weight excluding hydrogens is 458 g/mol. The smallest absolute Gasteiger partial charge is 0.153 e. The Morgan fingerprint density at radius 1 is 0.486 bits per heavy atom. The summed E-state index contributed by atoms with van der Waals surface area (Å²) in [5.74, 6) is 2.95. The van der Waals surface area contributed by atoms with Crippen molar-refractivity contribution in [1.82, 2.24) is 4.98 Å². The minimum atomic E-state index is 0.701. The van der Waals surface area contributed by atoms with Gasteiger partial charge in [0.25, 0.3) is 0 Å². The van der Waals surface area contributed by atoms with Crippen LogP contribution in [0.15, 0.2) is 131 Å². The number of aromatic nitrogens is 1. The van der Waals surface area contributed by atoms with E-state index in [2.05, 4.69) is 4.98 Å². The third-order valence-electron chi connectivity index (χ3n) is 5.71. The third kappa shape index (κ3) is 6.03. The monoisotopic (exact) mass is 485 g/mol. The van der Waals surface area contributed by atoms with E-state index in [9.17, 15) is 0 Å². The zero-order valence-corrected chi connectivity index (χ0v) is 20.8. The van der Waals surface area contributed by atoms with Gasteiger partial charge in [-0.2, -0.15) is 0 Å². The molecule has 37 heavy (non-hydrogen) atoms. The van der Waals surface area contributed by atoms with Gasteiger partial charge in [0.1, 0.15) is 22.9 Å². The number of hydrogen-bond donors (Lipinski definition) is 1. The van der Waals surface area contributed by atoms with E-state index < -0.39 is 0 Å². The molecule has 0 aliphatic carbocycles. The molecule has 1 N–H and O–H groups in total. The van der Waals surface area contributed by atoms with Crippen LogP contribution in [0.5, 0.6) is 23.0 Å². The van der Waals surface area contributed by atoms with Crippen molar-refractivity contribution in [2.24, 2.45) is 9.98 Å². The van der Waals surface area contributed by atoms with Crippen molar-refractivity contribution >= 4 is 22.8 Å². The molecule has 5 heteroatoms. The summed E-state index contributed by atoms with van der Waals surface area (Å²) in [5.41, 5.74) is 5.03. The van der Waals surface area contributed by atoms with E-state index in [1.165, 1.54) is 0 Å². The van der Waals surface area contributed by atoms with Gasteiger partial charge in [0, 0.05) is 0 Å². The summed E-state index contributed by atoms with van der Waals surface area (Å²) < 4.78 is 12.1. The number of rotatable bonds is 8. The Kier molecular flexibility index (Phi) is 7.23. The molecule has 0 saturated heterocycles. The predicted molar refractivity (Wildman–Crippen MR) is 150 cm³/mol. The summed E-state index contributed by atoms with van der Waals surface area (Å²) >= 11 is 0. The fraction of sp³-hybridized carbons (Fsp3) is 0.0625. The average molecular weight is 486 g/mol. The molecule has 5 nitrogen and oxygen atoms in total. The molecular formula is C32H27N3O2. The summed E-state index contributed by atoms with van der Waals surface area (Å²) in [6, 6.07) is 39.0. The topological polar surface area (TPSA) is 59.0 Å². The minimum Gasteiger partial charge on any atom is -0.455 e. The maximum absolute atomic E-state index is 6.06. The average Bonchev–Trinajstić information content (AvgIpc) is 3.43.